The smallest absolute Gasteiger partial charge is 0.229 e. The molecule has 0 saturated carbocycles. The Labute approximate surface area is 232 Å². The second kappa shape index (κ2) is 10.1. The Morgan fingerprint density at radius 2 is 1.90 bits per heavy atom. The molecule has 8 nitrogen and oxygen atoms in total. The fourth-order valence-corrected chi connectivity index (χ4v) is 5.69. The molecule has 0 spiro atoms. The summed E-state index contributed by atoms with van der Waals surface area (Å²) >= 11 is 6.02. The van der Waals surface area contributed by atoms with Crippen molar-refractivity contribution in [1.82, 2.24) is 19.5 Å². The van der Waals surface area contributed by atoms with E-state index in [1.807, 2.05) is 34.9 Å². The van der Waals surface area contributed by atoms with Crippen LogP contribution in [-0.2, 0) is 6.42 Å². The molecule has 1 fully saturated rings. The zero-order chi connectivity index (χ0) is 27.1. The summed E-state index contributed by atoms with van der Waals surface area (Å²) in [5, 5.41) is 3.81. The SMILES string of the molecule is COc1cc(Nc2nc3c(c(N4CCC(C)(N)CC4)n2)CCC3c2ccc(F)cc2)ccc1-n1cnc(Cl)c1. The molecule has 3 heterocycles. The second-order valence-corrected chi connectivity index (χ2v) is 11.0. The number of ether oxygens (including phenoxy) is 1. The van der Waals surface area contributed by atoms with Crippen LogP contribution in [0.2, 0.25) is 5.15 Å². The van der Waals surface area contributed by atoms with Crippen LogP contribution in [0.3, 0.4) is 0 Å². The number of hydrogen-bond donors (Lipinski definition) is 2. The van der Waals surface area contributed by atoms with E-state index in [-0.39, 0.29) is 17.3 Å². The molecule has 2 aromatic carbocycles. The van der Waals surface area contributed by atoms with Gasteiger partial charge in [0.15, 0.2) is 0 Å². The third kappa shape index (κ3) is 5.16. The van der Waals surface area contributed by atoms with Crippen LogP contribution in [0.4, 0.5) is 21.8 Å². The number of benzene rings is 2. The number of nitrogens with one attached hydrogen (secondary N) is 1. The molecule has 10 heteroatoms. The maximum absolute atomic E-state index is 13.7. The van der Waals surface area contributed by atoms with E-state index in [2.05, 4.69) is 22.1 Å². The van der Waals surface area contributed by atoms with Gasteiger partial charge in [0, 0.05) is 48.1 Å². The molecule has 202 valence electrons. The van der Waals surface area contributed by atoms with Crippen LogP contribution < -0.4 is 20.7 Å². The number of fused-ring (bicyclic) bond motifs is 1. The second-order valence-electron chi connectivity index (χ2n) is 10.6. The van der Waals surface area contributed by atoms with Crippen molar-refractivity contribution in [2.75, 3.05) is 30.4 Å². The number of halogens is 2. The molecule has 1 saturated heterocycles. The maximum atomic E-state index is 13.7. The molecule has 2 aliphatic rings. The summed E-state index contributed by atoms with van der Waals surface area (Å²) in [6.07, 6.45) is 6.94. The van der Waals surface area contributed by atoms with Crippen molar-refractivity contribution in [2.45, 2.75) is 44.1 Å². The molecule has 1 aliphatic heterocycles. The van der Waals surface area contributed by atoms with Crippen LogP contribution in [0.1, 0.15) is 48.9 Å². The summed E-state index contributed by atoms with van der Waals surface area (Å²) < 4.78 is 21.1. The minimum absolute atomic E-state index is 0.0790. The van der Waals surface area contributed by atoms with Crippen molar-refractivity contribution in [3.63, 3.8) is 0 Å². The van der Waals surface area contributed by atoms with Crippen molar-refractivity contribution >= 4 is 29.1 Å². The van der Waals surface area contributed by atoms with Gasteiger partial charge < -0.3 is 25.3 Å². The van der Waals surface area contributed by atoms with E-state index in [1.54, 1.807) is 19.6 Å². The van der Waals surface area contributed by atoms with Gasteiger partial charge in [-0.3, -0.25) is 0 Å². The number of piperidine rings is 1. The zero-order valence-corrected chi connectivity index (χ0v) is 22.7. The summed E-state index contributed by atoms with van der Waals surface area (Å²) in [5.41, 5.74) is 11.1. The molecule has 0 bridgehead atoms. The average Bonchev–Trinajstić information content (AvgIpc) is 3.55. The predicted octanol–water partition coefficient (Wildman–Crippen LogP) is 5.60. The van der Waals surface area contributed by atoms with Crippen LogP contribution >= 0.6 is 11.6 Å². The highest BCUT2D eigenvalue weighted by atomic mass is 35.5. The molecule has 39 heavy (non-hydrogen) atoms. The summed E-state index contributed by atoms with van der Waals surface area (Å²) in [5.74, 6) is 1.96. The Balaban J connectivity index is 1.37. The first-order chi connectivity index (χ1) is 18.8. The molecule has 2 aromatic heterocycles. The van der Waals surface area contributed by atoms with Gasteiger partial charge in [0.2, 0.25) is 5.95 Å². The molecule has 1 atom stereocenters. The van der Waals surface area contributed by atoms with E-state index < -0.39 is 0 Å². The Morgan fingerprint density at radius 3 is 2.59 bits per heavy atom. The lowest BCUT2D eigenvalue weighted by molar-refractivity contribution is 0.363. The lowest BCUT2D eigenvalue weighted by Crippen LogP contribution is -2.48. The van der Waals surface area contributed by atoms with E-state index in [4.69, 9.17) is 32.0 Å². The minimum atomic E-state index is -0.240. The molecule has 1 aliphatic carbocycles. The van der Waals surface area contributed by atoms with E-state index >= 15 is 0 Å². The number of hydrogen-bond acceptors (Lipinski definition) is 7. The number of anilines is 3. The first-order valence-electron chi connectivity index (χ1n) is 13.1. The van der Waals surface area contributed by atoms with Gasteiger partial charge in [-0.25, -0.2) is 14.4 Å². The zero-order valence-electron chi connectivity index (χ0n) is 22.0. The summed E-state index contributed by atoms with van der Waals surface area (Å²) in [7, 11) is 1.63. The number of imidazole rings is 1. The monoisotopic (exact) mass is 547 g/mol. The van der Waals surface area contributed by atoms with Crippen LogP contribution in [-0.4, -0.2) is 45.3 Å². The minimum Gasteiger partial charge on any atom is -0.494 e. The molecule has 3 N–H and O–H groups in total. The van der Waals surface area contributed by atoms with Crippen molar-refractivity contribution in [3.05, 3.63) is 82.8 Å². The first-order valence-corrected chi connectivity index (χ1v) is 13.5. The normalized spacial score (nSPS) is 18.2. The van der Waals surface area contributed by atoms with Crippen molar-refractivity contribution in [2.24, 2.45) is 5.73 Å². The average molecular weight is 548 g/mol. The van der Waals surface area contributed by atoms with Gasteiger partial charge in [0.25, 0.3) is 0 Å². The number of aromatic nitrogens is 4. The van der Waals surface area contributed by atoms with Gasteiger partial charge in [0.1, 0.15) is 28.9 Å². The largest absolute Gasteiger partial charge is 0.494 e. The van der Waals surface area contributed by atoms with Gasteiger partial charge in [-0.05, 0) is 62.4 Å². The quantitative estimate of drug-likeness (QED) is 0.324. The Morgan fingerprint density at radius 1 is 1.13 bits per heavy atom. The van der Waals surface area contributed by atoms with Crippen LogP contribution in [0.5, 0.6) is 5.75 Å². The number of nitrogens with zero attached hydrogens (tertiary/aromatic N) is 5. The van der Waals surface area contributed by atoms with Crippen molar-refractivity contribution < 1.29 is 9.13 Å². The summed E-state index contributed by atoms with van der Waals surface area (Å²) in [6.45, 7) is 3.79. The van der Waals surface area contributed by atoms with Gasteiger partial charge in [-0.15, -0.1) is 0 Å². The molecule has 0 amide bonds. The number of rotatable bonds is 6. The third-order valence-electron chi connectivity index (χ3n) is 7.77. The molecule has 6 rings (SSSR count). The molecule has 0 radical (unpaired) electrons. The highest BCUT2D eigenvalue weighted by Gasteiger charge is 2.34. The van der Waals surface area contributed by atoms with Crippen molar-refractivity contribution in [3.8, 4) is 11.4 Å². The lowest BCUT2D eigenvalue weighted by atomic mass is 9.91. The van der Waals surface area contributed by atoms with E-state index in [0.29, 0.717) is 16.9 Å². The van der Waals surface area contributed by atoms with Crippen molar-refractivity contribution in [1.29, 1.82) is 0 Å². The van der Waals surface area contributed by atoms with Gasteiger partial charge in [0.05, 0.1) is 18.5 Å². The number of methoxy groups -OCH3 is 1. The van der Waals surface area contributed by atoms with Crippen LogP contribution in [0, 0.1) is 5.82 Å². The highest BCUT2D eigenvalue weighted by molar-refractivity contribution is 6.29. The van der Waals surface area contributed by atoms with E-state index in [9.17, 15) is 4.39 Å². The van der Waals surface area contributed by atoms with E-state index in [1.165, 1.54) is 17.7 Å². The Bertz CT molecular complexity index is 1490. The summed E-state index contributed by atoms with van der Waals surface area (Å²) in [4.78, 5) is 16.5. The number of nitrogens with two attached hydrogens (primary N) is 1. The highest BCUT2D eigenvalue weighted by Crippen LogP contribution is 2.42. The predicted molar refractivity (Wildman–Crippen MR) is 151 cm³/mol. The van der Waals surface area contributed by atoms with E-state index in [0.717, 1.165) is 67.2 Å². The molecular weight excluding hydrogens is 517 g/mol. The Hall–Kier alpha value is -3.69. The fraction of sp³-hybridized carbons (Fsp3) is 0.345. The molecule has 4 aromatic rings. The molecular formula is C29H31ClFN7O. The van der Waals surface area contributed by atoms with Gasteiger partial charge in [-0.2, -0.15) is 4.98 Å². The third-order valence-corrected chi connectivity index (χ3v) is 7.97. The molecule has 1 unspecified atom stereocenters. The Kier molecular flexibility index (Phi) is 6.64. The summed E-state index contributed by atoms with van der Waals surface area (Å²) in [6, 6.07) is 12.5. The lowest BCUT2D eigenvalue weighted by Gasteiger charge is -2.38. The standard InChI is InChI=1S/C29H31ClFN7O/c1-29(32)11-13-37(14-12-29)27-22-9-8-21(18-3-5-19(31)6-4-18)26(22)35-28(36-27)34-20-7-10-23(24(15-20)39-2)38-16-25(30)33-17-38/h3-7,10,15-17,21H,8-9,11-14,32H2,1-2H3,(H,34,35,36). The fourth-order valence-electron chi connectivity index (χ4n) is 5.54. The van der Waals surface area contributed by atoms with Gasteiger partial charge in [-0.1, -0.05) is 23.7 Å². The maximum Gasteiger partial charge on any atom is 0.229 e. The topological polar surface area (TPSA) is 94.1 Å². The first kappa shape index (κ1) is 25.6. The van der Waals surface area contributed by atoms with Crippen LogP contribution in [0.25, 0.3) is 5.69 Å². The van der Waals surface area contributed by atoms with Crippen LogP contribution in [0.15, 0.2) is 55.0 Å². The van der Waals surface area contributed by atoms with Gasteiger partial charge >= 0.3 is 0 Å².